The minimum Gasteiger partial charge on any atom is -0.388 e. The molecule has 144 valence electrons. The number of amides is 1. The van der Waals surface area contributed by atoms with Crippen LogP contribution in [0.2, 0.25) is 0 Å². The zero-order valence-corrected chi connectivity index (χ0v) is 15.4. The SMILES string of the molecule is O=C(CCc1ccccc1)N1CC[C@](O)(CNCc2ccccn2)[C@@H](O)C1. The van der Waals surface area contributed by atoms with E-state index in [9.17, 15) is 15.0 Å². The summed E-state index contributed by atoms with van der Waals surface area (Å²) in [5, 5.41) is 24.3. The van der Waals surface area contributed by atoms with Crippen LogP contribution in [0.4, 0.5) is 0 Å². The van der Waals surface area contributed by atoms with Crippen molar-refractivity contribution in [2.75, 3.05) is 19.6 Å². The maximum atomic E-state index is 12.4. The summed E-state index contributed by atoms with van der Waals surface area (Å²) in [6, 6.07) is 15.6. The molecule has 1 amide bonds. The van der Waals surface area contributed by atoms with Crippen LogP contribution in [0.25, 0.3) is 0 Å². The van der Waals surface area contributed by atoms with Crippen LogP contribution >= 0.6 is 0 Å². The molecule has 2 heterocycles. The molecule has 27 heavy (non-hydrogen) atoms. The van der Waals surface area contributed by atoms with Crippen molar-refractivity contribution in [2.24, 2.45) is 0 Å². The van der Waals surface area contributed by atoms with Crippen LogP contribution in [0.3, 0.4) is 0 Å². The Bertz CT molecular complexity index is 726. The van der Waals surface area contributed by atoms with E-state index in [2.05, 4.69) is 10.3 Å². The molecule has 1 aromatic heterocycles. The van der Waals surface area contributed by atoms with Gasteiger partial charge in [0.05, 0.1) is 5.69 Å². The average molecular weight is 369 g/mol. The number of aliphatic hydroxyl groups is 2. The number of pyridine rings is 1. The Balaban J connectivity index is 1.45. The van der Waals surface area contributed by atoms with Gasteiger partial charge in [-0.05, 0) is 30.5 Å². The summed E-state index contributed by atoms with van der Waals surface area (Å²) < 4.78 is 0. The first-order chi connectivity index (χ1) is 13.1. The Labute approximate surface area is 159 Å². The summed E-state index contributed by atoms with van der Waals surface area (Å²) in [5.41, 5.74) is 0.771. The number of aryl methyl sites for hydroxylation is 1. The van der Waals surface area contributed by atoms with Crippen LogP contribution in [0, 0.1) is 0 Å². The molecule has 1 aliphatic heterocycles. The number of likely N-dealkylation sites (tertiary alicyclic amines) is 1. The topological polar surface area (TPSA) is 85.7 Å². The van der Waals surface area contributed by atoms with Gasteiger partial charge in [0.1, 0.15) is 11.7 Å². The highest BCUT2D eigenvalue weighted by Gasteiger charge is 2.41. The Morgan fingerprint density at radius 1 is 1.22 bits per heavy atom. The Morgan fingerprint density at radius 2 is 2.00 bits per heavy atom. The van der Waals surface area contributed by atoms with Crippen molar-refractivity contribution in [3.63, 3.8) is 0 Å². The Kier molecular flexibility index (Phi) is 6.55. The highest BCUT2D eigenvalue weighted by molar-refractivity contribution is 5.76. The maximum absolute atomic E-state index is 12.4. The molecule has 6 nitrogen and oxygen atoms in total. The molecule has 1 saturated heterocycles. The number of hydrogen-bond acceptors (Lipinski definition) is 5. The van der Waals surface area contributed by atoms with Gasteiger partial charge in [0.2, 0.25) is 5.91 Å². The summed E-state index contributed by atoms with van der Waals surface area (Å²) >= 11 is 0. The minimum atomic E-state index is -1.23. The van der Waals surface area contributed by atoms with Gasteiger partial charge in [-0.2, -0.15) is 0 Å². The molecule has 2 aromatic rings. The van der Waals surface area contributed by atoms with E-state index in [-0.39, 0.29) is 19.0 Å². The summed E-state index contributed by atoms with van der Waals surface area (Å²) in [6.07, 6.45) is 2.19. The van der Waals surface area contributed by atoms with Crippen LogP contribution in [-0.2, 0) is 17.8 Å². The monoisotopic (exact) mass is 369 g/mol. The van der Waals surface area contributed by atoms with Crippen molar-refractivity contribution in [3.05, 3.63) is 66.0 Å². The van der Waals surface area contributed by atoms with Gasteiger partial charge in [-0.1, -0.05) is 36.4 Å². The second kappa shape index (κ2) is 9.08. The molecule has 0 saturated carbocycles. The van der Waals surface area contributed by atoms with Crippen molar-refractivity contribution < 1.29 is 15.0 Å². The molecular formula is C21H27N3O3. The van der Waals surface area contributed by atoms with Gasteiger partial charge in [0.15, 0.2) is 0 Å². The first kappa shape index (κ1) is 19.5. The number of carbonyl (C=O) groups excluding carboxylic acids is 1. The van der Waals surface area contributed by atoms with Crippen molar-refractivity contribution >= 4 is 5.91 Å². The van der Waals surface area contributed by atoms with Gasteiger partial charge in [-0.15, -0.1) is 0 Å². The quantitative estimate of drug-likeness (QED) is 0.681. The molecule has 2 atom stereocenters. The molecule has 0 bridgehead atoms. The summed E-state index contributed by atoms with van der Waals surface area (Å²) in [7, 11) is 0. The number of nitrogens with zero attached hydrogens (tertiary/aromatic N) is 2. The van der Waals surface area contributed by atoms with Gasteiger partial charge in [0, 0.05) is 38.8 Å². The van der Waals surface area contributed by atoms with Crippen LogP contribution in [-0.4, -0.2) is 57.3 Å². The third-order valence-corrected chi connectivity index (χ3v) is 5.11. The fraction of sp³-hybridized carbons (Fsp3) is 0.429. The number of aromatic nitrogens is 1. The number of carbonyl (C=O) groups is 1. The second-order valence-electron chi connectivity index (χ2n) is 7.12. The Morgan fingerprint density at radius 3 is 2.70 bits per heavy atom. The third-order valence-electron chi connectivity index (χ3n) is 5.11. The lowest BCUT2D eigenvalue weighted by Crippen LogP contribution is -2.60. The van der Waals surface area contributed by atoms with E-state index in [1.165, 1.54) is 0 Å². The predicted octanol–water partition coefficient (Wildman–Crippen LogP) is 1.13. The minimum absolute atomic E-state index is 0.0152. The zero-order valence-electron chi connectivity index (χ0n) is 15.4. The van der Waals surface area contributed by atoms with Crippen molar-refractivity contribution in [2.45, 2.75) is 37.5 Å². The predicted molar refractivity (Wildman–Crippen MR) is 103 cm³/mol. The normalized spacial score (nSPS) is 22.6. The highest BCUT2D eigenvalue weighted by Crippen LogP contribution is 2.23. The molecular weight excluding hydrogens is 342 g/mol. The molecule has 0 spiro atoms. The lowest BCUT2D eigenvalue weighted by Gasteiger charge is -2.42. The molecule has 1 fully saturated rings. The second-order valence-corrected chi connectivity index (χ2v) is 7.12. The Hall–Kier alpha value is -2.28. The number of benzene rings is 1. The number of β-amino-alcohol motifs (C(OH)–C–C–N with tert-alkyl or cyclic N) is 1. The lowest BCUT2D eigenvalue weighted by atomic mass is 9.88. The summed E-state index contributed by atoms with van der Waals surface area (Å²) in [4.78, 5) is 18.3. The fourth-order valence-corrected chi connectivity index (χ4v) is 3.36. The van der Waals surface area contributed by atoms with Gasteiger partial charge in [-0.25, -0.2) is 0 Å². The number of nitrogens with one attached hydrogen (secondary N) is 1. The van der Waals surface area contributed by atoms with Crippen LogP contribution in [0.5, 0.6) is 0 Å². The summed E-state index contributed by atoms with van der Waals surface area (Å²) in [5.74, 6) is 0.0152. The van der Waals surface area contributed by atoms with Crippen molar-refractivity contribution in [1.29, 1.82) is 0 Å². The average Bonchev–Trinajstić information content (AvgIpc) is 2.70. The number of rotatable bonds is 7. The van der Waals surface area contributed by atoms with Crippen LogP contribution < -0.4 is 5.32 Å². The smallest absolute Gasteiger partial charge is 0.222 e. The van der Waals surface area contributed by atoms with E-state index >= 15 is 0 Å². The molecule has 3 N–H and O–H groups in total. The number of hydrogen-bond donors (Lipinski definition) is 3. The van der Waals surface area contributed by atoms with Gasteiger partial charge < -0.3 is 20.4 Å². The fourth-order valence-electron chi connectivity index (χ4n) is 3.36. The van der Waals surface area contributed by atoms with Gasteiger partial charge in [0.25, 0.3) is 0 Å². The van der Waals surface area contributed by atoms with E-state index in [1.54, 1.807) is 11.1 Å². The van der Waals surface area contributed by atoms with Crippen LogP contribution in [0.15, 0.2) is 54.7 Å². The van der Waals surface area contributed by atoms with E-state index in [1.807, 2.05) is 48.5 Å². The van der Waals surface area contributed by atoms with Crippen molar-refractivity contribution in [1.82, 2.24) is 15.2 Å². The first-order valence-electron chi connectivity index (χ1n) is 9.39. The molecule has 0 unspecified atom stereocenters. The van der Waals surface area contributed by atoms with Crippen LogP contribution in [0.1, 0.15) is 24.1 Å². The maximum Gasteiger partial charge on any atom is 0.222 e. The van der Waals surface area contributed by atoms with Gasteiger partial charge >= 0.3 is 0 Å². The standard InChI is InChI=1S/C21H27N3O3/c25-19-15-24(20(26)10-9-17-6-2-1-3-7-17)13-11-21(19,27)16-22-14-18-8-4-5-12-23-18/h1-8,12,19,22,25,27H,9-11,13-16H2/t19-,21-/m0/s1. The van der Waals surface area contributed by atoms with Crippen molar-refractivity contribution in [3.8, 4) is 0 Å². The van der Waals surface area contributed by atoms with E-state index in [0.717, 1.165) is 11.3 Å². The molecule has 3 rings (SSSR count). The van der Waals surface area contributed by atoms with E-state index < -0.39 is 11.7 Å². The van der Waals surface area contributed by atoms with E-state index in [4.69, 9.17) is 0 Å². The first-order valence-corrected chi connectivity index (χ1v) is 9.39. The molecule has 6 heteroatoms. The zero-order chi connectivity index (χ0) is 19.1. The van der Waals surface area contributed by atoms with Gasteiger partial charge in [-0.3, -0.25) is 9.78 Å². The molecule has 1 aliphatic rings. The largest absolute Gasteiger partial charge is 0.388 e. The molecule has 0 radical (unpaired) electrons. The highest BCUT2D eigenvalue weighted by atomic mass is 16.3. The molecule has 1 aromatic carbocycles. The van der Waals surface area contributed by atoms with E-state index in [0.29, 0.717) is 32.4 Å². The lowest BCUT2D eigenvalue weighted by molar-refractivity contribution is -0.148. The summed E-state index contributed by atoms with van der Waals surface area (Å²) in [6.45, 7) is 1.40. The number of piperidine rings is 1. The number of aliphatic hydroxyl groups excluding tert-OH is 1. The third kappa shape index (κ3) is 5.35. The molecule has 0 aliphatic carbocycles.